The van der Waals surface area contributed by atoms with Crippen LogP contribution in [0.1, 0.15) is 5.56 Å². The number of hydrogen-bond acceptors (Lipinski definition) is 3. The van der Waals surface area contributed by atoms with Crippen molar-refractivity contribution in [2.75, 3.05) is 0 Å². The SMILES string of the molecule is C=CC(=O)OCc1cccc(Sc2ccccc2)c1. The van der Waals surface area contributed by atoms with Gasteiger partial charge in [0.15, 0.2) is 0 Å². The van der Waals surface area contributed by atoms with Crippen LogP contribution in [0.25, 0.3) is 0 Å². The van der Waals surface area contributed by atoms with E-state index >= 15 is 0 Å². The average molecular weight is 270 g/mol. The summed E-state index contributed by atoms with van der Waals surface area (Å²) in [5.41, 5.74) is 0.969. The van der Waals surface area contributed by atoms with Crippen LogP contribution >= 0.6 is 11.8 Å². The Balaban J connectivity index is 2.03. The first-order chi connectivity index (χ1) is 9.28. The summed E-state index contributed by atoms with van der Waals surface area (Å²) >= 11 is 1.68. The van der Waals surface area contributed by atoms with Gasteiger partial charge in [-0.3, -0.25) is 0 Å². The lowest BCUT2D eigenvalue weighted by Crippen LogP contribution is -1.99. The molecule has 0 unspecified atom stereocenters. The third-order valence-corrected chi connectivity index (χ3v) is 3.42. The summed E-state index contributed by atoms with van der Waals surface area (Å²) < 4.78 is 5.02. The van der Waals surface area contributed by atoms with Crippen molar-refractivity contribution in [1.82, 2.24) is 0 Å². The van der Waals surface area contributed by atoms with E-state index in [9.17, 15) is 4.79 Å². The molecule has 0 radical (unpaired) electrons. The first-order valence-corrected chi connectivity index (χ1v) is 6.70. The smallest absolute Gasteiger partial charge is 0.330 e. The Morgan fingerprint density at radius 1 is 1.11 bits per heavy atom. The topological polar surface area (TPSA) is 26.3 Å². The summed E-state index contributed by atoms with van der Waals surface area (Å²) in [5, 5.41) is 0. The Labute approximate surface area is 117 Å². The number of hydrogen-bond donors (Lipinski definition) is 0. The van der Waals surface area contributed by atoms with Gasteiger partial charge in [-0.1, -0.05) is 48.7 Å². The molecule has 0 saturated heterocycles. The zero-order valence-electron chi connectivity index (χ0n) is 10.4. The highest BCUT2D eigenvalue weighted by Gasteiger charge is 2.01. The van der Waals surface area contributed by atoms with E-state index in [1.807, 2.05) is 42.5 Å². The van der Waals surface area contributed by atoms with Crippen LogP contribution in [0.2, 0.25) is 0 Å². The van der Waals surface area contributed by atoms with Crippen LogP contribution in [0.4, 0.5) is 0 Å². The summed E-state index contributed by atoms with van der Waals surface area (Å²) in [7, 11) is 0. The van der Waals surface area contributed by atoms with Gasteiger partial charge in [0.25, 0.3) is 0 Å². The van der Waals surface area contributed by atoms with Gasteiger partial charge < -0.3 is 4.74 Å². The van der Waals surface area contributed by atoms with Crippen molar-refractivity contribution < 1.29 is 9.53 Å². The summed E-state index contributed by atoms with van der Waals surface area (Å²) in [6, 6.07) is 18.1. The van der Waals surface area contributed by atoms with E-state index in [-0.39, 0.29) is 6.61 Å². The van der Waals surface area contributed by atoms with Crippen molar-refractivity contribution in [3.8, 4) is 0 Å². The fraction of sp³-hybridized carbons (Fsp3) is 0.0625. The second-order valence-electron chi connectivity index (χ2n) is 3.87. The minimum Gasteiger partial charge on any atom is -0.458 e. The van der Waals surface area contributed by atoms with E-state index in [0.717, 1.165) is 10.5 Å². The highest BCUT2D eigenvalue weighted by molar-refractivity contribution is 7.99. The van der Waals surface area contributed by atoms with Gasteiger partial charge in [-0.15, -0.1) is 0 Å². The van der Waals surface area contributed by atoms with Gasteiger partial charge in [0, 0.05) is 15.9 Å². The van der Waals surface area contributed by atoms with Gasteiger partial charge in [-0.25, -0.2) is 4.79 Å². The molecule has 2 aromatic rings. The molecule has 0 spiro atoms. The molecule has 2 aromatic carbocycles. The van der Waals surface area contributed by atoms with E-state index in [1.165, 1.54) is 11.0 Å². The second kappa shape index (κ2) is 6.81. The minimum absolute atomic E-state index is 0.272. The van der Waals surface area contributed by atoms with Crippen molar-refractivity contribution >= 4 is 17.7 Å². The van der Waals surface area contributed by atoms with Crippen molar-refractivity contribution in [3.63, 3.8) is 0 Å². The van der Waals surface area contributed by atoms with E-state index in [0.29, 0.717) is 0 Å². The highest BCUT2D eigenvalue weighted by atomic mass is 32.2. The zero-order chi connectivity index (χ0) is 13.5. The summed E-state index contributed by atoms with van der Waals surface area (Å²) in [4.78, 5) is 13.3. The monoisotopic (exact) mass is 270 g/mol. The number of ether oxygens (including phenoxy) is 1. The van der Waals surface area contributed by atoms with Crippen molar-refractivity contribution in [3.05, 3.63) is 72.8 Å². The molecule has 0 fully saturated rings. The number of rotatable bonds is 5. The van der Waals surface area contributed by atoms with Crippen molar-refractivity contribution in [2.45, 2.75) is 16.4 Å². The lowest BCUT2D eigenvalue weighted by molar-refractivity contribution is -0.138. The minimum atomic E-state index is -0.402. The van der Waals surface area contributed by atoms with Gasteiger partial charge in [0.2, 0.25) is 0 Å². The molecular weight excluding hydrogens is 256 g/mol. The van der Waals surface area contributed by atoms with Gasteiger partial charge >= 0.3 is 5.97 Å². The molecule has 0 aliphatic heterocycles. The second-order valence-corrected chi connectivity index (χ2v) is 5.02. The molecule has 0 heterocycles. The van der Waals surface area contributed by atoms with Crippen LogP contribution in [-0.2, 0) is 16.1 Å². The molecule has 0 aliphatic carbocycles. The average Bonchev–Trinajstić information content (AvgIpc) is 2.46. The van der Waals surface area contributed by atoms with Gasteiger partial charge in [0.05, 0.1) is 0 Å². The summed E-state index contributed by atoms with van der Waals surface area (Å²) in [6.45, 7) is 3.64. The molecule has 2 nitrogen and oxygen atoms in total. The van der Waals surface area contributed by atoms with Crippen LogP contribution in [0.15, 0.2) is 77.0 Å². The molecule has 0 aliphatic rings. The quantitative estimate of drug-likeness (QED) is 0.605. The number of carbonyl (C=O) groups is 1. The van der Waals surface area contributed by atoms with Crippen molar-refractivity contribution in [1.29, 1.82) is 0 Å². The fourth-order valence-electron chi connectivity index (χ4n) is 1.54. The van der Waals surface area contributed by atoms with Crippen LogP contribution < -0.4 is 0 Å². The third kappa shape index (κ3) is 4.30. The first kappa shape index (κ1) is 13.4. The standard InChI is InChI=1S/C16H14O2S/c1-2-16(17)18-12-13-7-6-10-15(11-13)19-14-8-4-3-5-9-14/h2-11H,1,12H2. The van der Waals surface area contributed by atoms with Crippen LogP contribution in [0.5, 0.6) is 0 Å². The van der Waals surface area contributed by atoms with Gasteiger partial charge in [-0.05, 0) is 29.8 Å². The Morgan fingerprint density at radius 2 is 1.84 bits per heavy atom. The Morgan fingerprint density at radius 3 is 2.58 bits per heavy atom. The maximum atomic E-state index is 11.0. The largest absolute Gasteiger partial charge is 0.458 e. The normalized spacial score (nSPS) is 9.89. The zero-order valence-corrected chi connectivity index (χ0v) is 11.2. The van der Waals surface area contributed by atoms with Crippen LogP contribution in [-0.4, -0.2) is 5.97 Å². The lowest BCUT2D eigenvalue weighted by atomic mass is 10.2. The van der Waals surface area contributed by atoms with Gasteiger partial charge in [-0.2, -0.15) is 0 Å². The summed E-state index contributed by atoms with van der Waals surface area (Å²) in [6.07, 6.45) is 1.17. The molecule has 0 bridgehead atoms. The Bertz CT molecular complexity index is 564. The Kier molecular flexibility index (Phi) is 4.81. The van der Waals surface area contributed by atoms with Crippen LogP contribution in [0.3, 0.4) is 0 Å². The first-order valence-electron chi connectivity index (χ1n) is 5.89. The fourth-order valence-corrected chi connectivity index (χ4v) is 2.46. The molecule has 2 rings (SSSR count). The number of esters is 1. The molecule has 3 heteroatoms. The molecule has 19 heavy (non-hydrogen) atoms. The van der Waals surface area contributed by atoms with E-state index in [1.54, 1.807) is 11.8 Å². The van der Waals surface area contributed by atoms with Gasteiger partial charge in [0.1, 0.15) is 6.61 Å². The predicted octanol–water partition coefficient (Wildman–Crippen LogP) is 4.07. The Hall–Kier alpha value is -2.00. The number of benzene rings is 2. The maximum absolute atomic E-state index is 11.0. The molecule has 0 saturated carbocycles. The van der Waals surface area contributed by atoms with E-state index < -0.39 is 5.97 Å². The maximum Gasteiger partial charge on any atom is 0.330 e. The molecule has 0 amide bonds. The number of carbonyl (C=O) groups excluding carboxylic acids is 1. The van der Waals surface area contributed by atoms with E-state index in [2.05, 4.69) is 18.7 Å². The van der Waals surface area contributed by atoms with Crippen LogP contribution in [0, 0.1) is 0 Å². The van der Waals surface area contributed by atoms with E-state index in [4.69, 9.17) is 4.74 Å². The highest BCUT2D eigenvalue weighted by Crippen LogP contribution is 2.27. The third-order valence-electron chi connectivity index (χ3n) is 2.43. The lowest BCUT2D eigenvalue weighted by Gasteiger charge is -2.05. The molecular formula is C16H14O2S. The summed E-state index contributed by atoms with van der Waals surface area (Å²) in [5.74, 6) is -0.402. The molecule has 96 valence electrons. The predicted molar refractivity (Wildman–Crippen MR) is 77.0 cm³/mol. The molecule has 0 atom stereocenters. The molecule has 0 N–H and O–H groups in total. The molecule has 0 aromatic heterocycles. The van der Waals surface area contributed by atoms with Crippen molar-refractivity contribution in [2.24, 2.45) is 0 Å².